The van der Waals surface area contributed by atoms with Crippen molar-refractivity contribution in [2.75, 3.05) is 20.2 Å². The van der Waals surface area contributed by atoms with Gasteiger partial charge in [-0.2, -0.15) is 0 Å². The summed E-state index contributed by atoms with van der Waals surface area (Å²) in [5.41, 5.74) is 1.68. The van der Waals surface area contributed by atoms with Crippen LogP contribution in [0.15, 0.2) is 54.6 Å². The van der Waals surface area contributed by atoms with E-state index in [4.69, 9.17) is 4.74 Å². The van der Waals surface area contributed by atoms with Gasteiger partial charge in [-0.05, 0) is 38.1 Å². The van der Waals surface area contributed by atoms with Gasteiger partial charge in [0.1, 0.15) is 5.75 Å². The first-order chi connectivity index (χ1) is 12.7. The largest absolute Gasteiger partial charge is 0.497 e. The molecule has 0 saturated heterocycles. The Labute approximate surface area is 153 Å². The summed E-state index contributed by atoms with van der Waals surface area (Å²) < 4.78 is 7.02. The molecule has 2 aromatic carbocycles. The van der Waals surface area contributed by atoms with Crippen molar-refractivity contribution < 1.29 is 9.53 Å². The Morgan fingerprint density at radius 2 is 1.81 bits per heavy atom. The molecule has 0 N–H and O–H groups in total. The van der Waals surface area contributed by atoms with Crippen molar-refractivity contribution in [3.8, 4) is 22.8 Å². The fraction of sp³-hybridized carbons (Fsp3) is 0.250. The maximum absolute atomic E-state index is 12.7. The number of methoxy groups -OCH3 is 1. The lowest BCUT2D eigenvalue weighted by molar-refractivity contribution is 0.0761. The van der Waals surface area contributed by atoms with E-state index in [0.29, 0.717) is 18.9 Å². The van der Waals surface area contributed by atoms with Crippen LogP contribution in [-0.4, -0.2) is 45.8 Å². The second-order valence-corrected chi connectivity index (χ2v) is 5.72. The number of hydrogen-bond acceptors (Lipinski definition) is 4. The molecule has 0 fully saturated rings. The summed E-state index contributed by atoms with van der Waals surface area (Å²) in [6, 6.07) is 17.2. The highest BCUT2D eigenvalue weighted by molar-refractivity contribution is 5.91. The number of ether oxygens (including phenoxy) is 1. The third-order valence-corrected chi connectivity index (χ3v) is 4.18. The number of aromatic nitrogens is 3. The zero-order valence-electron chi connectivity index (χ0n) is 15.2. The second kappa shape index (κ2) is 7.82. The molecule has 0 bridgehead atoms. The summed E-state index contributed by atoms with van der Waals surface area (Å²) in [6.07, 6.45) is 0. The number of para-hydroxylation sites is 1. The zero-order chi connectivity index (χ0) is 18.5. The Balaban J connectivity index is 2.13. The van der Waals surface area contributed by atoms with Gasteiger partial charge in [0.25, 0.3) is 5.91 Å². The van der Waals surface area contributed by atoms with E-state index in [2.05, 4.69) is 10.1 Å². The van der Waals surface area contributed by atoms with Gasteiger partial charge in [-0.1, -0.05) is 30.3 Å². The minimum absolute atomic E-state index is 0.172. The average molecular weight is 350 g/mol. The van der Waals surface area contributed by atoms with Crippen molar-refractivity contribution in [3.05, 3.63) is 60.4 Å². The molecule has 6 nitrogen and oxygen atoms in total. The van der Waals surface area contributed by atoms with Crippen molar-refractivity contribution in [2.24, 2.45) is 0 Å². The van der Waals surface area contributed by atoms with Gasteiger partial charge < -0.3 is 9.64 Å². The van der Waals surface area contributed by atoms with Crippen LogP contribution < -0.4 is 4.74 Å². The number of nitrogens with zero attached hydrogens (tertiary/aromatic N) is 4. The molecule has 0 radical (unpaired) electrons. The van der Waals surface area contributed by atoms with E-state index in [-0.39, 0.29) is 11.7 Å². The first kappa shape index (κ1) is 17.7. The van der Waals surface area contributed by atoms with Gasteiger partial charge in [-0.25, -0.2) is 9.67 Å². The molecule has 134 valence electrons. The molecule has 1 heterocycles. The fourth-order valence-electron chi connectivity index (χ4n) is 2.75. The lowest BCUT2D eigenvalue weighted by Gasteiger charge is -2.15. The minimum Gasteiger partial charge on any atom is -0.497 e. The van der Waals surface area contributed by atoms with E-state index >= 15 is 0 Å². The Kier molecular flexibility index (Phi) is 5.31. The van der Waals surface area contributed by atoms with Gasteiger partial charge in [-0.15, -0.1) is 5.10 Å². The monoisotopic (exact) mass is 350 g/mol. The highest BCUT2D eigenvalue weighted by atomic mass is 16.5. The van der Waals surface area contributed by atoms with E-state index in [1.54, 1.807) is 16.7 Å². The van der Waals surface area contributed by atoms with Crippen molar-refractivity contribution in [1.82, 2.24) is 19.7 Å². The van der Waals surface area contributed by atoms with E-state index in [1.165, 1.54) is 0 Å². The van der Waals surface area contributed by atoms with Gasteiger partial charge in [-0.3, -0.25) is 4.79 Å². The molecule has 0 atom stereocenters. The van der Waals surface area contributed by atoms with E-state index in [0.717, 1.165) is 17.0 Å². The highest BCUT2D eigenvalue weighted by Gasteiger charge is 2.22. The Morgan fingerprint density at radius 1 is 1.08 bits per heavy atom. The molecule has 1 aromatic heterocycles. The normalized spacial score (nSPS) is 10.6. The number of benzene rings is 2. The van der Waals surface area contributed by atoms with Gasteiger partial charge >= 0.3 is 0 Å². The highest BCUT2D eigenvalue weighted by Crippen LogP contribution is 2.25. The van der Waals surface area contributed by atoms with Gasteiger partial charge in [0.05, 0.1) is 12.8 Å². The Bertz CT molecular complexity index is 886. The third-order valence-electron chi connectivity index (χ3n) is 4.18. The summed E-state index contributed by atoms with van der Waals surface area (Å²) in [4.78, 5) is 19.0. The van der Waals surface area contributed by atoms with Crippen molar-refractivity contribution in [1.29, 1.82) is 0 Å². The molecule has 0 aliphatic rings. The van der Waals surface area contributed by atoms with Crippen LogP contribution in [0.25, 0.3) is 17.1 Å². The molecule has 0 saturated carbocycles. The summed E-state index contributed by atoms with van der Waals surface area (Å²) in [7, 11) is 1.62. The van der Waals surface area contributed by atoms with Crippen LogP contribution in [0.5, 0.6) is 5.75 Å². The van der Waals surface area contributed by atoms with Gasteiger partial charge in [0.15, 0.2) is 5.82 Å². The first-order valence-electron chi connectivity index (χ1n) is 8.64. The quantitative estimate of drug-likeness (QED) is 0.683. The van der Waals surface area contributed by atoms with Crippen LogP contribution in [0, 0.1) is 0 Å². The minimum atomic E-state index is -0.172. The lowest BCUT2D eigenvalue weighted by atomic mass is 10.2. The number of carbonyl (C=O) groups is 1. The Hall–Kier alpha value is -3.15. The van der Waals surface area contributed by atoms with Crippen LogP contribution in [0.4, 0.5) is 0 Å². The molecule has 6 heteroatoms. The van der Waals surface area contributed by atoms with Crippen LogP contribution in [0.2, 0.25) is 0 Å². The van der Waals surface area contributed by atoms with E-state index < -0.39 is 0 Å². The van der Waals surface area contributed by atoms with Crippen LogP contribution >= 0.6 is 0 Å². The smallest absolute Gasteiger partial charge is 0.293 e. The summed E-state index contributed by atoms with van der Waals surface area (Å²) in [5, 5.41) is 4.50. The van der Waals surface area contributed by atoms with Gasteiger partial charge in [0.2, 0.25) is 5.82 Å². The summed E-state index contributed by atoms with van der Waals surface area (Å²) in [5.74, 6) is 1.34. The number of carbonyl (C=O) groups excluding carboxylic acids is 1. The van der Waals surface area contributed by atoms with Crippen LogP contribution in [0.3, 0.4) is 0 Å². The third kappa shape index (κ3) is 3.44. The Morgan fingerprint density at radius 3 is 2.46 bits per heavy atom. The van der Waals surface area contributed by atoms with E-state index in [9.17, 15) is 4.79 Å². The molecule has 1 amide bonds. The first-order valence-corrected chi connectivity index (χ1v) is 8.64. The number of hydrogen-bond donors (Lipinski definition) is 0. The molecule has 0 aliphatic carbocycles. The van der Waals surface area contributed by atoms with Crippen LogP contribution in [-0.2, 0) is 0 Å². The summed E-state index contributed by atoms with van der Waals surface area (Å²) in [6.45, 7) is 5.12. The zero-order valence-corrected chi connectivity index (χ0v) is 15.2. The number of amides is 1. The van der Waals surface area contributed by atoms with Crippen LogP contribution in [0.1, 0.15) is 24.5 Å². The molecule has 3 aromatic rings. The SMILES string of the molecule is CCN(CC)C(=O)c1nc(-c2cccc(OC)c2)n(-c2ccccc2)n1. The van der Waals surface area contributed by atoms with Crippen molar-refractivity contribution in [2.45, 2.75) is 13.8 Å². The maximum atomic E-state index is 12.7. The molecular weight excluding hydrogens is 328 g/mol. The lowest BCUT2D eigenvalue weighted by Crippen LogP contribution is -2.31. The second-order valence-electron chi connectivity index (χ2n) is 5.72. The topological polar surface area (TPSA) is 60.3 Å². The molecule has 0 spiro atoms. The van der Waals surface area contributed by atoms with E-state index in [1.807, 2.05) is 68.4 Å². The molecule has 0 unspecified atom stereocenters. The van der Waals surface area contributed by atoms with Gasteiger partial charge in [0, 0.05) is 18.7 Å². The predicted molar refractivity (Wildman–Crippen MR) is 101 cm³/mol. The molecular formula is C20H22N4O2. The fourth-order valence-corrected chi connectivity index (χ4v) is 2.75. The average Bonchev–Trinajstić information content (AvgIpc) is 3.15. The number of rotatable bonds is 6. The van der Waals surface area contributed by atoms with Crippen molar-refractivity contribution in [3.63, 3.8) is 0 Å². The maximum Gasteiger partial charge on any atom is 0.293 e. The molecule has 0 aliphatic heterocycles. The van der Waals surface area contributed by atoms with Crippen molar-refractivity contribution >= 4 is 5.91 Å². The molecule has 26 heavy (non-hydrogen) atoms. The molecule has 3 rings (SSSR count). The summed E-state index contributed by atoms with van der Waals surface area (Å²) >= 11 is 0. The predicted octanol–water partition coefficient (Wildman–Crippen LogP) is 3.42. The standard InChI is InChI=1S/C20H22N4O2/c1-4-23(5-2)20(25)18-21-19(15-10-9-13-17(14-15)26-3)24(22-18)16-11-7-6-8-12-16/h6-14H,4-5H2,1-3H3.